The Balaban J connectivity index is 2.17. The van der Waals surface area contributed by atoms with Gasteiger partial charge in [-0.1, -0.05) is 18.3 Å². The molecule has 16 heavy (non-hydrogen) atoms. The van der Waals surface area contributed by atoms with E-state index in [1.165, 1.54) is 17.5 Å². The van der Waals surface area contributed by atoms with Crippen molar-refractivity contribution >= 4 is 22.4 Å². The number of rotatable bonds is 3. The lowest BCUT2D eigenvalue weighted by atomic mass is 10.2. The first-order chi connectivity index (χ1) is 7.72. The van der Waals surface area contributed by atoms with Crippen LogP contribution in [0.5, 0.6) is 0 Å². The third-order valence-corrected chi connectivity index (χ3v) is 3.67. The van der Waals surface area contributed by atoms with Gasteiger partial charge >= 0.3 is 5.97 Å². The van der Waals surface area contributed by atoms with Gasteiger partial charge in [-0.25, -0.2) is 9.78 Å². The zero-order valence-corrected chi connectivity index (χ0v) is 9.87. The summed E-state index contributed by atoms with van der Waals surface area (Å²) < 4.78 is 5.40. The number of carboxylic acid groups (broad SMARTS) is 1. The lowest BCUT2D eigenvalue weighted by Gasteiger charge is -2.34. The van der Waals surface area contributed by atoms with Gasteiger partial charge in [-0.3, -0.25) is 0 Å². The third-order valence-electron chi connectivity index (χ3n) is 2.65. The van der Waals surface area contributed by atoms with Crippen molar-refractivity contribution in [2.45, 2.75) is 19.4 Å². The zero-order valence-electron chi connectivity index (χ0n) is 9.05. The van der Waals surface area contributed by atoms with E-state index >= 15 is 0 Å². The minimum absolute atomic E-state index is 0.288. The molecule has 1 saturated heterocycles. The number of carbonyl (C=O) groups is 1. The molecule has 0 saturated carbocycles. The van der Waals surface area contributed by atoms with Gasteiger partial charge in [0.15, 0.2) is 5.13 Å². The molecule has 1 atom stereocenters. The van der Waals surface area contributed by atoms with Crippen molar-refractivity contribution in [3.05, 3.63) is 11.1 Å². The molecular weight excluding hydrogens is 228 g/mol. The summed E-state index contributed by atoms with van der Waals surface area (Å²) >= 11 is 1.23. The fraction of sp³-hybridized carbons (Fsp3) is 0.600. The first kappa shape index (κ1) is 11.3. The Morgan fingerprint density at radius 1 is 1.81 bits per heavy atom. The van der Waals surface area contributed by atoms with Crippen molar-refractivity contribution in [3.63, 3.8) is 0 Å². The average Bonchev–Trinajstić information content (AvgIpc) is 2.78. The van der Waals surface area contributed by atoms with Crippen LogP contribution in [-0.4, -0.2) is 41.9 Å². The van der Waals surface area contributed by atoms with Crippen LogP contribution in [0.4, 0.5) is 5.13 Å². The van der Waals surface area contributed by atoms with E-state index in [0.717, 1.165) is 18.1 Å². The minimum atomic E-state index is -0.912. The maximum absolute atomic E-state index is 10.8. The molecule has 0 radical (unpaired) electrons. The van der Waals surface area contributed by atoms with E-state index in [2.05, 4.69) is 16.8 Å². The molecule has 1 N–H and O–H groups in total. The number of nitrogens with zero attached hydrogens (tertiary/aromatic N) is 2. The summed E-state index contributed by atoms with van der Waals surface area (Å²) in [5.41, 5.74) is 0. The molecule has 1 aromatic heterocycles. The van der Waals surface area contributed by atoms with E-state index in [-0.39, 0.29) is 4.88 Å². The molecular formula is C10H14N2O3S. The van der Waals surface area contributed by atoms with Crippen molar-refractivity contribution in [3.8, 4) is 0 Å². The van der Waals surface area contributed by atoms with E-state index in [0.29, 0.717) is 19.3 Å². The molecule has 0 amide bonds. The van der Waals surface area contributed by atoms with Crippen LogP contribution in [0.2, 0.25) is 0 Å². The first-order valence-corrected chi connectivity index (χ1v) is 6.07. The summed E-state index contributed by atoms with van der Waals surface area (Å²) in [4.78, 5) is 17.4. The van der Waals surface area contributed by atoms with Gasteiger partial charge in [-0.2, -0.15) is 0 Å². The van der Waals surface area contributed by atoms with Crippen LogP contribution in [-0.2, 0) is 4.74 Å². The molecule has 5 nitrogen and oxygen atoms in total. The average molecular weight is 242 g/mol. The first-order valence-electron chi connectivity index (χ1n) is 5.26. The highest BCUT2D eigenvalue weighted by molar-refractivity contribution is 7.17. The van der Waals surface area contributed by atoms with Crippen molar-refractivity contribution < 1.29 is 14.6 Å². The van der Waals surface area contributed by atoms with Crippen molar-refractivity contribution in [2.24, 2.45) is 0 Å². The second kappa shape index (κ2) is 4.80. The molecule has 1 aliphatic rings. The van der Waals surface area contributed by atoms with Crippen molar-refractivity contribution in [1.82, 2.24) is 4.98 Å². The number of carboxylic acids is 1. The van der Waals surface area contributed by atoms with Gasteiger partial charge in [-0.05, 0) is 6.42 Å². The van der Waals surface area contributed by atoms with Crippen molar-refractivity contribution in [1.29, 1.82) is 0 Å². The lowest BCUT2D eigenvalue weighted by molar-refractivity contribution is 0.0702. The molecule has 1 fully saturated rings. The van der Waals surface area contributed by atoms with E-state index in [1.54, 1.807) is 0 Å². The van der Waals surface area contributed by atoms with Gasteiger partial charge in [0, 0.05) is 6.54 Å². The number of thiazole rings is 1. The molecule has 6 heteroatoms. The SMILES string of the molecule is CCC1COCCN1c1ncc(C(=O)O)s1. The number of aromatic carboxylic acids is 1. The summed E-state index contributed by atoms with van der Waals surface area (Å²) in [5, 5.41) is 9.63. The number of ether oxygens (including phenoxy) is 1. The molecule has 2 heterocycles. The standard InChI is InChI=1S/C10H14N2O3S/c1-2-7-6-15-4-3-12(7)10-11-5-8(16-10)9(13)14/h5,7H,2-4,6H2,1H3,(H,13,14). The number of morpholine rings is 1. The fourth-order valence-electron chi connectivity index (χ4n) is 1.74. The maximum atomic E-state index is 10.8. The molecule has 0 aromatic carbocycles. The Kier molecular flexibility index (Phi) is 3.40. The zero-order chi connectivity index (χ0) is 11.5. The molecule has 0 aliphatic carbocycles. The summed E-state index contributed by atoms with van der Waals surface area (Å²) in [7, 11) is 0. The van der Waals surface area contributed by atoms with E-state index in [9.17, 15) is 4.79 Å². The number of hydrogen-bond acceptors (Lipinski definition) is 5. The largest absolute Gasteiger partial charge is 0.477 e. The highest BCUT2D eigenvalue weighted by Gasteiger charge is 2.24. The highest BCUT2D eigenvalue weighted by atomic mass is 32.1. The highest BCUT2D eigenvalue weighted by Crippen LogP contribution is 2.26. The Labute approximate surface area is 97.7 Å². The summed E-state index contributed by atoms with van der Waals surface area (Å²) in [6, 6.07) is 0.307. The molecule has 88 valence electrons. The van der Waals surface area contributed by atoms with Crippen LogP contribution in [0.25, 0.3) is 0 Å². The van der Waals surface area contributed by atoms with E-state index in [4.69, 9.17) is 9.84 Å². The predicted molar refractivity (Wildman–Crippen MR) is 61.3 cm³/mol. The number of hydrogen-bond donors (Lipinski definition) is 1. The Morgan fingerprint density at radius 2 is 2.62 bits per heavy atom. The summed E-state index contributed by atoms with van der Waals surface area (Å²) in [6.45, 7) is 4.25. The van der Waals surface area contributed by atoms with Crippen LogP contribution < -0.4 is 4.90 Å². The summed E-state index contributed by atoms with van der Waals surface area (Å²) in [6.07, 6.45) is 2.40. The van der Waals surface area contributed by atoms with Crippen LogP contribution in [0, 0.1) is 0 Å². The Hall–Kier alpha value is -1.14. The topological polar surface area (TPSA) is 62.7 Å². The smallest absolute Gasteiger partial charge is 0.347 e. The van der Waals surface area contributed by atoms with Crippen molar-refractivity contribution in [2.75, 3.05) is 24.7 Å². The second-order valence-electron chi connectivity index (χ2n) is 3.64. The number of aromatic nitrogens is 1. The second-order valence-corrected chi connectivity index (χ2v) is 4.65. The molecule has 0 spiro atoms. The molecule has 1 unspecified atom stereocenters. The monoisotopic (exact) mass is 242 g/mol. The Morgan fingerprint density at radius 3 is 3.25 bits per heavy atom. The van der Waals surface area contributed by atoms with Gasteiger partial charge in [0.25, 0.3) is 0 Å². The van der Waals surface area contributed by atoms with Gasteiger partial charge in [-0.15, -0.1) is 0 Å². The van der Waals surface area contributed by atoms with E-state index < -0.39 is 5.97 Å². The quantitative estimate of drug-likeness (QED) is 0.869. The van der Waals surface area contributed by atoms with Crippen LogP contribution in [0.1, 0.15) is 23.0 Å². The molecule has 1 aromatic rings. The summed E-state index contributed by atoms with van der Waals surface area (Å²) in [5.74, 6) is -0.912. The minimum Gasteiger partial charge on any atom is -0.477 e. The number of anilines is 1. The lowest BCUT2D eigenvalue weighted by Crippen LogP contribution is -2.45. The molecule has 1 aliphatic heterocycles. The third kappa shape index (κ3) is 2.17. The van der Waals surface area contributed by atoms with E-state index in [1.807, 2.05) is 0 Å². The maximum Gasteiger partial charge on any atom is 0.347 e. The van der Waals surface area contributed by atoms with Crippen LogP contribution in [0.15, 0.2) is 6.20 Å². The van der Waals surface area contributed by atoms with Gasteiger partial charge in [0.05, 0.1) is 25.5 Å². The predicted octanol–water partition coefficient (Wildman–Crippen LogP) is 1.46. The van der Waals surface area contributed by atoms with Crippen LogP contribution >= 0.6 is 11.3 Å². The Bertz CT molecular complexity index is 380. The van der Waals surface area contributed by atoms with Gasteiger partial charge < -0.3 is 14.7 Å². The van der Waals surface area contributed by atoms with Gasteiger partial charge in [0.1, 0.15) is 4.88 Å². The van der Waals surface area contributed by atoms with Gasteiger partial charge in [0.2, 0.25) is 0 Å². The van der Waals surface area contributed by atoms with Crippen LogP contribution in [0.3, 0.4) is 0 Å². The molecule has 2 rings (SSSR count). The molecule has 0 bridgehead atoms. The normalized spacial score (nSPS) is 21.1. The fourth-order valence-corrected chi connectivity index (χ4v) is 2.59.